The number of carbonyl (C=O) groups excluding carboxylic acids is 2. The van der Waals surface area contributed by atoms with Crippen molar-refractivity contribution in [2.45, 2.75) is 25.8 Å². The van der Waals surface area contributed by atoms with Crippen molar-refractivity contribution in [2.24, 2.45) is 0 Å². The summed E-state index contributed by atoms with van der Waals surface area (Å²) in [7, 11) is 0. The monoisotopic (exact) mass is 344 g/mol. The number of nitrogens with zero attached hydrogens (tertiary/aromatic N) is 2. The average molecular weight is 344 g/mol. The predicted molar refractivity (Wildman–Crippen MR) is 91.4 cm³/mol. The molecule has 1 aromatic carbocycles. The summed E-state index contributed by atoms with van der Waals surface area (Å²) < 4.78 is 4.98. The number of aromatic nitrogens is 2. The van der Waals surface area contributed by atoms with Crippen molar-refractivity contribution in [2.75, 3.05) is 19.7 Å². The van der Waals surface area contributed by atoms with Crippen LogP contribution in [0.1, 0.15) is 30.3 Å². The molecule has 3 rings (SSSR count). The maximum atomic E-state index is 12.6. The topological polar surface area (TPSA) is 104 Å². The summed E-state index contributed by atoms with van der Waals surface area (Å²) in [6.07, 6.45) is 0.970. The number of carbonyl (C=O) groups is 2. The number of hydrogen-bond acceptors (Lipinski definition) is 5. The van der Waals surface area contributed by atoms with Gasteiger partial charge in [-0.2, -0.15) is 5.10 Å². The molecule has 8 nitrogen and oxygen atoms in total. The molecule has 0 aliphatic carbocycles. The van der Waals surface area contributed by atoms with E-state index in [9.17, 15) is 14.4 Å². The van der Waals surface area contributed by atoms with Crippen LogP contribution in [0.2, 0.25) is 0 Å². The number of nitrogens with one attached hydrogen (secondary N) is 2. The molecule has 2 N–H and O–H groups in total. The normalized spacial score (nSPS) is 15.2. The summed E-state index contributed by atoms with van der Waals surface area (Å²) in [5.41, 5.74) is -0.127. The molecule has 1 aliphatic rings. The number of aromatic amines is 1. The number of piperidine rings is 1. The Labute approximate surface area is 144 Å². The van der Waals surface area contributed by atoms with Crippen LogP contribution in [-0.2, 0) is 4.74 Å². The number of H-pyrrole nitrogens is 1. The minimum atomic E-state index is -0.331. The molecule has 0 saturated carbocycles. The van der Waals surface area contributed by atoms with E-state index in [1.54, 1.807) is 36.1 Å². The number of benzene rings is 1. The van der Waals surface area contributed by atoms with Gasteiger partial charge in [0.1, 0.15) is 0 Å². The first-order valence-corrected chi connectivity index (χ1v) is 8.30. The molecule has 2 amide bonds. The van der Waals surface area contributed by atoms with Crippen LogP contribution >= 0.6 is 0 Å². The number of amides is 2. The largest absolute Gasteiger partial charge is 0.450 e. The molecule has 1 saturated heterocycles. The second-order valence-electron chi connectivity index (χ2n) is 5.88. The van der Waals surface area contributed by atoms with Crippen LogP contribution in [0.15, 0.2) is 29.1 Å². The predicted octanol–water partition coefficient (Wildman–Crippen LogP) is 1.27. The Hall–Kier alpha value is -2.90. The van der Waals surface area contributed by atoms with E-state index in [0.29, 0.717) is 43.3 Å². The van der Waals surface area contributed by atoms with Crippen LogP contribution in [0.3, 0.4) is 0 Å². The van der Waals surface area contributed by atoms with Gasteiger partial charge in [0.2, 0.25) is 0 Å². The van der Waals surface area contributed by atoms with Gasteiger partial charge < -0.3 is 15.0 Å². The second-order valence-corrected chi connectivity index (χ2v) is 5.88. The summed E-state index contributed by atoms with van der Waals surface area (Å²) in [6, 6.07) is 6.81. The zero-order chi connectivity index (χ0) is 17.8. The van der Waals surface area contributed by atoms with Gasteiger partial charge in [0.15, 0.2) is 5.69 Å². The van der Waals surface area contributed by atoms with Gasteiger partial charge >= 0.3 is 6.09 Å². The van der Waals surface area contributed by atoms with Gasteiger partial charge in [-0.15, -0.1) is 0 Å². The van der Waals surface area contributed by atoms with Crippen molar-refractivity contribution in [3.05, 3.63) is 40.3 Å². The van der Waals surface area contributed by atoms with Crippen LogP contribution in [0.25, 0.3) is 10.8 Å². The van der Waals surface area contributed by atoms with Crippen molar-refractivity contribution >= 4 is 22.8 Å². The molecule has 1 fully saturated rings. The van der Waals surface area contributed by atoms with E-state index in [2.05, 4.69) is 15.5 Å². The van der Waals surface area contributed by atoms with Gasteiger partial charge in [-0.1, -0.05) is 18.2 Å². The van der Waals surface area contributed by atoms with Crippen LogP contribution in [0.5, 0.6) is 0 Å². The van der Waals surface area contributed by atoms with Crippen molar-refractivity contribution in [3.63, 3.8) is 0 Å². The number of rotatable bonds is 3. The van der Waals surface area contributed by atoms with Crippen LogP contribution < -0.4 is 10.9 Å². The van der Waals surface area contributed by atoms with Crippen LogP contribution in [0.4, 0.5) is 4.79 Å². The molecule has 0 unspecified atom stereocenters. The van der Waals surface area contributed by atoms with Crippen molar-refractivity contribution < 1.29 is 14.3 Å². The molecule has 0 radical (unpaired) electrons. The fourth-order valence-corrected chi connectivity index (χ4v) is 2.96. The Morgan fingerprint density at radius 2 is 1.96 bits per heavy atom. The molecule has 0 atom stereocenters. The zero-order valence-corrected chi connectivity index (χ0v) is 13.9. The first kappa shape index (κ1) is 16.9. The lowest BCUT2D eigenvalue weighted by atomic mass is 10.0. The van der Waals surface area contributed by atoms with Gasteiger partial charge in [-0.05, 0) is 25.8 Å². The van der Waals surface area contributed by atoms with E-state index in [1.807, 2.05) is 0 Å². The van der Waals surface area contributed by atoms with Crippen molar-refractivity contribution in [3.8, 4) is 0 Å². The Morgan fingerprint density at radius 3 is 2.64 bits per heavy atom. The maximum Gasteiger partial charge on any atom is 0.409 e. The Balaban J connectivity index is 1.67. The molecule has 2 heterocycles. The lowest BCUT2D eigenvalue weighted by Gasteiger charge is -2.31. The number of ether oxygens (including phenoxy) is 1. The van der Waals surface area contributed by atoms with Crippen LogP contribution in [-0.4, -0.2) is 52.8 Å². The quantitative estimate of drug-likeness (QED) is 0.873. The Kier molecular flexibility index (Phi) is 4.97. The number of fused-ring (bicyclic) bond motifs is 1. The number of hydrogen-bond donors (Lipinski definition) is 2. The molecule has 0 bridgehead atoms. The first-order chi connectivity index (χ1) is 12.1. The molecule has 1 aliphatic heterocycles. The third kappa shape index (κ3) is 3.62. The number of likely N-dealkylation sites (tertiary alicyclic amines) is 1. The van der Waals surface area contributed by atoms with E-state index in [4.69, 9.17) is 4.74 Å². The van der Waals surface area contributed by atoms with Gasteiger partial charge in [0.25, 0.3) is 11.5 Å². The maximum absolute atomic E-state index is 12.6. The minimum absolute atomic E-state index is 0.0503. The van der Waals surface area contributed by atoms with Crippen molar-refractivity contribution in [1.82, 2.24) is 20.4 Å². The van der Waals surface area contributed by atoms with E-state index >= 15 is 0 Å². The summed E-state index contributed by atoms with van der Waals surface area (Å²) >= 11 is 0. The first-order valence-electron chi connectivity index (χ1n) is 8.30. The second kappa shape index (κ2) is 7.33. The van der Waals surface area contributed by atoms with Gasteiger partial charge in [0, 0.05) is 24.5 Å². The summed E-state index contributed by atoms with van der Waals surface area (Å²) in [6.45, 7) is 3.18. The highest BCUT2D eigenvalue weighted by molar-refractivity contribution is 6.04. The van der Waals surface area contributed by atoms with E-state index in [1.165, 1.54) is 0 Å². The summed E-state index contributed by atoms with van der Waals surface area (Å²) in [5.74, 6) is -0.331. The molecular formula is C17H20N4O4. The Morgan fingerprint density at radius 1 is 1.28 bits per heavy atom. The molecule has 1 aromatic heterocycles. The smallest absolute Gasteiger partial charge is 0.409 e. The minimum Gasteiger partial charge on any atom is -0.450 e. The molecule has 132 valence electrons. The molecule has 2 aromatic rings. The molecule has 8 heteroatoms. The third-order valence-corrected chi connectivity index (χ3v) is 4.27. The zero-order valence-electron chi connectivity index (χ0n) is 13.9. The lowest BCUT2D eigenvalue weighted by molar-refractivity contribution is 0.0857. The molecule has 25 heavy (non-hydrogen) atoms. The highest BCUT2D eigenvalue weighted by Gasteiger charge is 2.25. The van der Waals surface area contributed by atoms with E-state index < -0.39 is 0 Å². The summed E-state index contributed by atoms with van der Waals surface area (Å²) in [4.78, 5) is 37.7. The van der Waals surface area contributed by atoms with Crippen molar-refractivity contribution in [1.29, 1.82) is 0 Å². The van der Waals surface area contributed by atoms with E-state index in [0.717, 1.165) is 0 Å². The molecule has 0 spiro atoms. The van der Waals surface area contributed by atoms with Gasteiger partial charge in [0.05, 0.1) is 12.0 Å². The Bertz CT molecular complexity index is 840. The standard InChI is InChI=1S/C17H20N4O4/c1-2-25-17(24)21-9-7-11(8-10-21)18-16(23)14-12-5-3-4-6-13(12)15(22)20-19-14/h3-6,11H,2,7-10H2,1H3,(H,18,23)(H,20,22). The van der Waals surface area contributed by atoms with E-state index in [-0.39, 0.29) is 29.3 Å². The fourth-order valence-electron chi connectivity index (χ4n) is 2.96. The third-order valence-electron chi connectivity index (χ3n) is 4.27. The SMILES string of the molecule is CCOC(=O)N1CCC(NC(=O)c2n[nH]c(=O)c3ccccc23)CC1. The highest BCUT2D eigenvalue weighted by Crippen LogP contribution is 2.15. The molecular weight excluding hydrogens is 324 g/mol. The summed E-state index contributed by atoms with van der Waals surface area (Å²) in [5, 5.41) is 10.2. The average Bonchev–Trinajstić information content (AvgIpc) is 2.63. The fraction of sp³-hybridized carbons (Fsp3) is 0.412. The van der Waals surface area contributed by atoms with Crippen LogP contribution in [0, 0.1) is 0 Å². The lowest BCUT2D eigenvalue weighted by Crippen LogP contribution is -2.47. The highest BCUT2D eigenvalue weighted by atomic mass is 16.6. The van der Waals surface area contributed by atoms with Gasteiger partial charge in [-0.25, -0.2) is 9.89 Å². The van der Waals surface area contributed by atoms with Gasteiger partial charge in [-0.3, -0.25) is 9.59 Å².